The van der Waals surface area contributed by atoms with Gasteiger partial charge in [-0.05, 0) is 68.9 Å². The number of aromatic nitrogens is 2. The van der Waals surface area contributed by atoms with Crippen LogP contribution in [0.15, 0.2) is 48.5 Å². The summed E-state index contributed by atoms with van der Waals surface area (Å²) >= 11 is 0. The van der Waals surface area contributed by atoms with E-state index in [1.165, 1.54) is 0 Å². The molecule has 1 fully saturated rings. The Morgan fingerprint density at radius 1 is 1.09 bits per heavy atom. The van der Waals surface area contributed by atoms with Crippen LogP contribution in [-0.4, -0.2) is 38.9 Å². The summed E-state index contributed by atoms with van der Waals surface area (Å²) in [6.45, 7) is 6.30. The molecule has 1 aliphatic heterocycles. The van der Waals surface area contributed by atoms with Gasteiger partial charge in [-0.3, -0.25) is 9.69 Å². The van der Waals surface area contributed by atoms with Crippen molar-refractivity contribution in [3.63, 3.8) is 0 Å². The number of benzene rings is 2. The number of Topliss-reactive ketones (excluding diaryl/α,β-unsaturated/α-hetero) is 1. The number of aromatic amines is 1. The summed E-state index contributed by atoms with van der Waals surface area (Å²) in [5.74, 6) is 0.978. The fourth-order valence-electron chi connectivity index (χ4n) is 4.85. The molecule has 0 saturated carbocycles. The van der Waals surface area contributed by atoms with Crippen molar-refractivity contribution >= 4 is 34.1 Å². The summed E-state index contributed by atoms with van der Waals surface area (Å²) in [5.41, 5.74) is 5.16. The number of H-pyrrole nitrogens is 1. The van der Waals surface area contributed by atoms with Crippen LogP contribution in [0.1, 0.15) is 69.4 Å². The van der Waals surface area contributed by atoms with E-state index in [0.717, 1.165) is 58.4 Å². The summed E-state index contributed by atoms with van der Waals surface area (Å²) < 4.78 is 5.61. The lowest BCUT2D eigenvalue weighted by atomic mass is 9.96. The Labute approximate surface area is 193 Å². The number of carbonyl (C=O) groups is 2. The molecular formula is C27H29N3O3. The SMILES string of the molecule is CC(C)(C)OC(=O)N1CCC[C@H]1c1nc2ccc(C3=C(c4ccccc4)C(=O)CC3)cc2[nH]1. The highest BCUT2D eigenvalue weighted by molar-refractivity contribution is 6.31. The highest BCUT2D eigenvalue weighted by Crippen LogP contribution is 2.39. The molecule has 1 aromatic heterocycles. The highest BCUT2D eigenvalue weighted by atomic mass is 16.6. The normalized spacial score (nSPS) is 19.1. The molecule has 0 spiro atoms. The van der Waals surface area contributed by atoms with Crippen LogP contribution < -0.4 is 0 Å². The number of fused-ring (bicyclic) bond motifs is 1. The molecule has 1 amide bonds. The third-order valence-corrected chi connectivity index (χ3v) is 6.29. The molecule has 170 valence electrons. The third kappa shape index (κ3) is 4.17. The molecule has 2 aromatic carbocycles. The van der Waals surface area contributed by atoms with Gasteiger partial charge < -0.3 is 9.72 Å². The molecule has 1 N–H and O–H groups in total. The number of allylic oxidation sites excluding steroid dienone is 2. The number of ether oxygens (including phenoxy) is 1. The summed E-state index contributed by atoms with van der Waals surface area (Å²) in [6, 6.07) is 15.9. The number of likely N-dealkylation sites (tertiary alicyclic amines) is 1. The lowest BCUT2D eigenvalue weighted by Gasteiger charge is -2.27. The van der Waals surface area contributed by atoms with Crippen molar-refractivity contribution in [3.8, 4) is 0 Å². The maximum Gasteiger partial charge on any atom is 0.410 e. The van der Waals surface area contributed by atoms with E-state index in [9.17, 15) is 9.59 Å². The zero-order chi connectivity index (χ0) is 23.2. The third-order valence-electron chi connectivity index (χ3n) is 6.29. The van der Waals surface area contributed by atoms with Gasteiger partial charge in [0.05, 0.1) is 17.1 Å². The van der Waals surface area contributed by atoms with Crippen LogP contribution in [0.25, 0.3) is 22.2 Å². The first-order valence-corrected chi connectivity index (χ1v) is 11.6. The molecule has 0 radical (unpaired) electrons. The van der Waals surface area contributed by atoms with Crippen LogP contribution in [-0.2, 0) is 9.53 Å². The number of nitrogens with zero attached hydrogens (tertiary/aromatic N) is 2. The molecule has 2 aliphatic rings. The van der Waals surface area contributed by atoms with E-state index in [-0.39, 0.29) is 17.9 Å². The van der Waals surface area contributed by atoms with E-state index < -0.39 is 5.60 Å². The van der Waals surface area contributed by atoms with E-state index in [2.05, 4.69) is 11.1 Å². The Balaban J connectivity index is 1.48. The minimum absolute atomic E-state index is 0.122. The number of carbonyl (C=O) groups excluding carboxylic acids is 2. The maximum atomic E-state index is 12.7. The predicted molar refractivity (Wildman–Crippen MR) is 129 cm³/mol. The molecule has 1 aliphatic carbocycles. The molecular weight excluding hydrogens is 414 g/mol. The van der Waals surface area contributed by atoms with Crippen molar-refractivity contribution < 1.29 is 14.3 Å². The van der Waals surface area contributed by atoms with E-state index in [1.54, 1.807) is 4.90 Å². The van der Waals surface area contributed by atoms with Crippen LogP contribution in [0.4, 0.5) is 4.79 Å². The number of ketones is 1. The first-order chi connectivity index (χ1) is 15.8. The lowest BCUT2D eigenvalue weighted by Crippen LogP contribution is -2.36. The minimum Gasteiger partial charge on any atom is -0.444 e. The first-order valence-electron chi connectivity index (χ1n) is 11.6. The summed E-state index contributed by atoms with van der Waals surface area (Å²) in [5, 5.41) is 0. The number of amides is 1. The van der Waals surface area contributed by atoms with Crippen LogP contribution in [0, 0.1) is 0 Å². The van der Waals surface area contributed by atoms with Gasteiger partial charge in [-0.2, -0.15) is 0 Å². The van der Waals surface area contributed by atoms with Crippen LogP contribution in [0.2, 0.25) is 0 Å². The molecule has 1 atom stereocenters. The Kier molecular flexibility index (Phi) is 5.31. The van der Waals surface area contributed by atoms with Crippen molar-refractivity contribution in [1.29, 1.82) is 0 Å². The number of imidazole rings is 1. The average Bonchev–Trinajstić information content (AvgIpc) is 3.50. The molecule has 0 bridgehead atoms. The Bertz CT molecular complexity index is 1250. The fourth-order valence-corrected chi connectivity index (χ4v) is 4.85. The van der Waals surface area contributed by atoms with Crippen molar-refractivity contribution in [3.05, 3.63) is 65.5 Å². The van der Waals surface area contributed by atoms with Gasteiger partial charge in [-0.1, -0.05) is 36.4 Å². The van der Waals surface area contributed by atoms with Gasteiger partial charge in [0.25, 0.3) is 0 Å². The van der Waals surface area contributed by atoms with Gasteiger partial charge >= 0.3 is 6.09 Å². The Morgan fingerprint density at radius 3 is 2.64 bits per heavy atom. The van der Waals surface area contributed by atoms with Gasteiger partial charge in [0.2, 0.25) is 0 Å². The quantitative estimate of drug-likeness (QED) is 0.546. The molecule has 6 heteroatoms. The molecule has 5 rings (SSSR count). The van der Waals surface area contributed by atoms with Gasteiger partial charge in [0.1, 0.15) is 11.4 Å². The van der Waals surface area contributed by atoms with Crippen LogP contribution in [0.3, 0.4) is 0 Å². The van der Waals surface area contributed by atoms with Crippen LogP contribution >= 0.6 is 0 Å². The number of hydrogen-bond acceptors (Lipinski definition) is 4. The van der Waals surface area contributed by atoms with Gasteiger partial charge in [-0.15, -0.1) is 0 Å². The van der Waals surface area contributed by atoms with Gasteiger partial charge in [0.15, 0.2) is 5.78 Å². The molecule has 0 unspecified atom stereocenters. The largest absolute Gasteiger partial charge is 0.444 e. The standard InChI is InChI=1S/C27H29N3O3/c1-27(2,3)33-26(32)30-15-7-10-22(30)25-28-20-13-11-18(16-21(20)29-25)19-12-14-23(31)24(19)17-8-5-4-6-9-17/h4-6,8-9,11,13,16,22H,7,10,12,14-15H2,1-3H3,(H,28,29)/t22-/m0/s1. The first kappa shape index (κ1) is 21.4. The van der Waals surface area contributed by atoms with Gasteiger partial charge in [0, 0.05) is 18.5 Å². The number of hydrogen-bond donors (Lipinski definition) is 1. The predicted octanol–water partition coefficient (Wildman–Crippen LogP) is 5.91. The van der Waals surface area contributed by atoms with E-state index in [4.69, 9.17) is 9.72 Å². The minimum atomic E-state index is -0.532. The number of rotatable bonds is 3. The zero-order valence-corrected chi connectivity index (χ0v) is 19.4. The molecule has 2 heterocycles. The topological polar surface area (TPSA) is 75.3 Å². The molecule has 33 heavy (non-hydrogen) atoms. The monoisotopic (exact) mass is 443 g/mol. The average molecular weight is 444 g/mol. The zero-order valence-electron chi connectivity index (χ0n) is 19.4. The summed E-state index contributed by atoms with van der Waals surface area (Å²) in [7, 11) is 0. The van der Waals surface area contributed by atoms with Crippen molar-refractivity contribution in [2.75, 3.05) is 6.54 Å². The lowest BCUT2D eigenvalue weighted by molar-refractivity contribution is -0.113. The second-order valence-corrected chi connectivity index (χ2v) is 9.83. The van der Waals surface area contributed by atoms with Crippen LogP contribution in [0.5, 0.6) is 0 Å². The smallest absolute Gasteiger partial charge is 0.410 e. The molecule has 1 saturated heterocycles. The van der Waals surface area contributed by atoms with E-state index in [0.29, 0.717) is 13.0 Å². The summed E-state index contributed by atoms with van der Waals surface area (Å²) in [4.78, 5) is 35.4. The van der Waals surface area contributed by atoms with Crippen molar-refractivity contribution in [2.45, 2.75) is 58.1 Å². The van der Waals surface area contributed by atoms with E-state index in [1.807, 2.05) is 63.2 Å². The highest BCUT2D eigenvalue weighted by Gasteiger charge is 2.35. The second-order valence-electron chi connectivity index (χ2n) is 9.83. The van der Waals surface area contributed by atoms with Gasteiger partial charge in [-0.25, -0.2) is 9.78 Å². The molecule has 6 nitrogen and oxygen atoms in total. The Hall–Kier alpha value is -3.41. The Morgan fingerprint density at radius 2 is 1.88 bits per heavy atom. The van der Waals surface area contributed by atoms with Crippen molar-refractivity contribution in [2.24, 2.45) is 0 Å². The fraction of sp³-hybridized carbons (Fsp3) is 0.370. The van der Waals surface area contributed by atoms with Crippen molar-refractivity contribution in [1.82, 2.24) is 14.9 Å². The second kappa shape index (κ2) is 8.18. The number of nitrogens with one attached hydrogen (secondary N) is 1. The molecule has 3 aromatic rings. The summed E-state index contributed by atoms with van der Waals surface area (Å²) in [6.07, 6.45) is 2.75. The van der Waals surface area contributed by atoms with E-state index >= 15 is 0 Å². The maximum absolute atomic E-state index is 12.7.